The number of pyridine rings is 1. The van der Waals surface area contributed by atoms with Gasteiger partial charge in [-0.15, -0.1) is 0 Å². The lowest BCUT2D eigenvalue weighted by molar-refractivity contribution is -0.119. The summed E-state index contributed by atoms with van der Waals surface area (Å²) in [6, 6.07) is 8.16. The van der Waals surface area contributed by atoms with Crippen molar-refractivity contribution in [3.63, 3.8) is 0 Å². The molecule has 2 amide bonds. The molecule has 0 aliphatic carbocycles. The summed E-state index contributed by atoms with van der Waals surface area (Å²) in [5.41, 5.74) is 1.77. The van der Waals surface area contributed by atoms with E-state index in [1.165, 1.54) is 17.2 Å². The molecule has 31 heavy (non-hydrogen) atoms. The molecule has 4 rings (SSSR count). The Bertz CT molecular complexity index is 1100. The van der Waals surface area contributed by atoms with Gasteiger partial charge < -0.3 is 5.32 Å². The van der Waals surface area contributed by atoms with Crippen LogP contribution in [-0.4, -0.2) is 49.2 Å². The Morgan fingerprint density at radius 1 is 1.03 bits per heavy atom. The molecule has 162 valence electrons. The number of hydrogen-bond donors (Lipinski definition) is 1. The molecule has 0 bridgehead atoms. The summed E-state index contributed by atoms with van der Waals surface area (Å²) >= 11 is 0. The van der Waals surface area contributed by atoms with Gasteiger partial charge >= 0.3 is 0 Å². The summed E-state index contributed by atoms with van der Waals surface area (Å²) in [4.78, 5) is 30.2. The van der Waals surface area contributed by atoms with E-state index in [0.717, 1.165) is 25.7 Å². The summed E-state index contributed by atoms with van der Waals surface area (Å²) in [5.74, 6) is -0.631. The third kappa shape index (κ3) is 4.67. The number of nitrogens with one attached hydrogen (secondary N) is 1. The number of fused-ring (bicyclic) bond motifs is 1. The first-order chi connectivity index (χ1) is 14.9. The van der Waals surface area contributed by atoms with Crippen LogP contribution in [0.15, 0.2) is 53.7 Å². The highest BCUT2D eigenvalue weighted by atomic mass is 32.2. The molecule has 8 nitrogen and oxygen atoms in total. The van der Waals surface area contributed by atoms with Crippen LogP contribution in [0.1, 0.15) is 31.2 Å². The molecule has 9 heteroatoms. The van der Waals surface area contributed by atoms with Crippen LogP contribution in [-0.2, 0) is 19.6 Å². The minimum atomic E-state index is -3.51. The molecule has 2 aromatic rings. The summed E-state index contributed by atoms with van der Waals surface area (Å²) in [6.07, 6.45) is 9.93. The van der Waals surface area contributed by atoms with Crippen LogP contribution < -0.4 is 10.2 Å². The van der Waals surface area contributed by atoms with Gasteiger partial charge in [0.25, 0.3) is 5.91 Å². The second-order valence-electron chi connectivity index (χ2n) is 7.59. The Hall–Kier alpha value is -3.04. The molecule has 2 aliphatic heterocycles. The zero-order valence-electron chi connectivity index (χ0n) is 17.0. The lowest BCUT2D eigenvalue weighted by Gasteiger charge is -2.27. The SMILES string of the molecule is O=C1CN(C(=O)/C=C\c2ccc(S(=O)(=O)N3CCCCCC3)cc2)c2ccncc2N1. The average molecular weight is 441 g/mol. The van der Waals surface area contributed by atoms with E-state index < -0.39 is 10.0 Å². The first-order valence-corrected chi connectivity index (χ1v) is 11.7. The number of carbonyl (C=O) groups is 2. The molecule has 0 atom stereocenters. The topological polar surface area (TPSA) is 99.7 Å². The number of nitrogens with zero attached hydrogens (tertiary/aromatic N) is 3. The van der Waals surface area contributed by atoms with Crippen molar-refractivity contribution in [3.05, 3.63) is 54.4 Å². The molecule has 1 saturated heterocycles. The monoisotopic (exact) mass is 440 g/mol. The van der Waals surface area contributed by atoms with E-state index in [2.05, 4.69) is 10.3 Å². The molecule has 1 fully saturated rings. The molecule has 1 aromatic carbocycles. The highest BCUT2D eigenvalue weighted by molar-refractivity contribution is 7.89. The number of aromatic nitrogens is 1. The third-order valence-corrected chi connectivity index (χ3v) is 7.34. The van der Waals surface area contributed by atoms with Gasteiger partial charge in [-0.05, 0) is 42.7 Å². The molecular weight excluding hydrogens is 416 g/mol. The van der Waals surface area contributed by atoms with Gasteiger partial charge in [0.15, 0.2) is 0 Å². The van der Waals surface area contributed by atoms with Gasteiger partial charge in [-0.3, -0.25) is 19.5 Å². The molecular formula is C22H24N4O4S. The lowest BCUT2D eigenvalue weighted by atomic mass is 10.2. The zero-order valence-corrected chi connectivity index (χ0v) is 17.8. The smallest absolute Gasteiger partial charge is 0.251 e. The van der Waals surface area contributed by atoms with Crippen LogP contribution >= 0.6 is 0 Å². The summed E-state index contributed by atoms with van der Waals surface area (Å²) in [6.45, 7) is 1.03. The zero-order chi connectivity index (χ0) is 21.8. The van der Waals surface area contributed by atoms with E-state index in [-0.39, 0.29) is 23.3 Å². The fourth-order valence-electron chi connectivity index (χ4n) is 3.77. The normalized spacial score (nSPS) is 17.8. The molecule has 0 spiro atoms. The number of amides is 2. The van der Waals surface area contributed by atoms with Crippen LogP contribution in [0.3, 0.4) is 0 Å². The Kier molecular flexibility index (Phi) is 6.15. The molecule has 2 aliphatic rings. The minimum Gasteiger partial charge on any atom is -0.321 e. The van der Waals surface area contributed by atoms with Crippen molar-refractivity contribution >= 4 is 39.3 Å². The maximum atomic E-state index is 12.9. The second kappa shape index (κ2) is 8.99. The molecule has 0 unspecified atom stereocenters. The van der Waals surface area contributed by atoms with E-state index in [0.29, 0.717) is 30.0 Å². The van der Waals surface area contributed by atoms with Crippen molar-refractivity contribution in [2.24, 2.45) is 0 Å². The fourth-order valence-corrected chi connectivity index (χ4v) is 5.29. The molecule has 1 N–H and O–H groups in total. The van der Waals surface area contributed by atoms with E-state index in [9.17, 15) is 18.0 Å². The number of hydrogen-bond acceptors (Lipinski definition) is 5. The molecule has 3 heterocycles. The number of rotatable bonds is 4. The van der Waals surface area contributed by atoms with E-state index in [1.54, 1.807) is 46.9 Å². The lowest BCUT2D eigenvalue weighted by Crippen LogP contribution is -2.41. The predicted octanol–water partition coefficient (Wildman–Crippen LogP) is 2.64. The van der Waals surface area contributed by atoms with Gasteiger partial charge in [0.1, 0.15) is 6.54 Å². The Morgan fingerprint density at radius 3 is 2.45 bits per heavy atom. The Labute approximate surface area is 181 Å². The molecule has 1 aromatic heterocycles. The summed E-state index contributed by atoms with van der Waals surface area (Å²) < 4.78 is 27.3. The standard InChI is InChI=1S/C22H24N4O4S/c27-21-16-26(20-11-12-23-15-19(20)24-21)22(28)10-7-17-5-8-18(9-6-17)31(29,30)25-13-3-1-2-4-14-25/h5-12,15H,1-4,13-14,16H2,(H,24,27)/b10-7-. The van der Waals surface area contributed by atoms with E-state index >= 15 is 0 Å². The number of anilines is 2. The second-order valence-corrected chi connectivity index (χ2v) is 9.52. The first-order valence-electron chi connectivity index (χ1n) is 10.3. The largest absolute Gasteiger partial charge is 0.321 e. The van der Waals surface area contributed by atoms with Crippen molar-refractivity contribution < 1.29 is 18.0 Å². The van der Waals surface area contributed by atoms with Crippen molar-refractivity contribution in [3.8, 4) is 0 Å². The number of sulfonamides is 1. The summed E-state index contributed by atoms with van der Waals surface area (Å²) in [7, 11) is -3.51. The molecule has 0 saturated carbocycles. The van der Waals surface area contributed by atoms with Gasteiger partial charge in [-0.1, -0.05) is 25.0 Å². The van der Waals surface area contributed by atoms with Crippen LogP contribution in [0.2, 0.25) is 0 Å². The van der Waals surface area contributed by atoms with E-state index in [1.807, 2.05) is 0 Å². The maximum absolute atomic E-state index is 12.9. The Balaban J connectivity index is 1.48. The minimum absolute atomic E-state index is 0.0762. The van der Waals surface area contributed by atoms with Crippen molar-refractivity contribution in [1.29, 1.82) is 0 Å². The van der Waals surface area contributed by atoms with Gasteiger partial charge in [-0.25, -0.2) is 8.42 Å². The third-order valence-electron chi connectivity index (χ3n) is 5.43. The highest BCUT2D eigenvalue weighted by Crippen LogP contribution is 2.28. The predicted molar refractivity (Wildman–Crippen MR) is 118 cm³/mol. The Morgan fingerprint density at radius 2 is 1.74 bits per heavy atom. The first kappa shape index (κ1) is 21.2. The van der Waals surface area contributed by atoms with Crippen molar-refractivity contribution in [1.82, 2.24) is 9.29 Å². The quantitative estimate of drug-likeness (QED) is 0.737. The van der Waals surface area contributed by atoms with Crippen LogP contribution in [0, 0.1) is 0 Å². The summed E-state index contributed by atoms with van der Waals surface area (Å²) in [5, 5.41) is 2.69. The van der Waals surface area contributed by atoms with Gasteiger partial charge in [-0.2, -0.15) is 4.31 Å². The van der Waals surface area contributed by atoms with Crippen molar-refractivity contribution in [2.75, 3.05) is 29.9 Å². The molecule has 0 radical (unpaired) electrons. The van der Waals surface area contributed by atoms with Crippen LogP contribution in [0.25, 0.3) is 6.08 Å². The number of carbonyl (C=O) groups excluding carboxylic acids is 2. The maximum Gasteiger partial charge on any atom is 0.251 e. The highest BCUT2D eigenvalue weighted by Gasteiger charge is 2.26. The fraction of sp³-hybridized carbons (Fsp3) is 0.318. The van der Waals surface area contributed by atoms with Crippen LogP contribution in [0.5, 0.6) is 0 Å². The van der Waals surface area contributed by atoms with Gasteiger partial charge in [0, 0.05) is 25.4 Å². The van der Waals surface area contributed by atoms with Crippen LogP contribution in [0.4, 0.5) is 11.4 Å². The van der Waals surface area contributed by atoms with Crippen molar-refractivity contribution in [2.45, 2.75) is 30.6 Å². The van der Waals surface area contributed by atoms with Gasteiger partial charge in [0.05, 0.1) is 22.5 Å². The number of benzene rings is 1. The average Bonchev–Trinajstić information content (AvgIpc) is 3.07. The van der Waals surface area contributed by atoms with E-state index in [4.69, 9.17) is 0 Å². The van der Waals surface area contributed by atoms with Gasteiger partial charge in [0.2, 0.25) is 15.9 Å².